The molecule has 1 atom stereocenters. The van der Waals surface area contributed by atoms with E-state index in [2.05, 4.69) is 25.5 Å². The fourth-order valence-electron chi connectivity index (χ4n) is 3.32. The number of H-pyrrole nitrogens is 1. The molecule has 132 valence electrons. The van der Waals surface area contributed by atoms with Crippen LogP contribution in [0.1, 0.15) is 60.2 Å². The molecule has 4 rings (SSSR count). The maximum Gasteiger partial charge on any atom is 0.259 e. The van der Waals surface area contributed by atoms with Crippen LogP contribution in [0, 0.1) is 13.8 Å². The van der Waals surface area contributed by atoms with Gasteiger partial charge in [0.1, 0.15) is 10.7 Å². The van der Waals surface area contributed by atoms with E-state index in [9.17, 15) is 4.79 Å². The first-order valence-electron chi connectivity index (χ1n) is 8.49. The van der Waals surface area contributed by atoms with Crippen molar-refractivity contribution in [1.82, 2.24) is 30.2 Å². The van der Waals surface area contributed by atoms with Gasteiger partial charge in [0.05, 0.1) is 16.7 Å². The van der Waals surface area contributed by atoms with Gasteiger partial charge in [-0.1, -0.05) is 24.6 Å². The number of nitrogens with one attached hydrogen (secondary N) is 1. The van der Waals surface area contributed by atoms with E-state index in [-0.39, 0.29) is 10.8 Å². The number of thioether (sulfide) groups is 1. The molecular weight excluding hydrogens is 356 g/mol. The Balaban J connectivity index is 1.64. The third kappa shape index (κ3) is 2.99. The molecule has 0 radical (unpaired) electrons. The number of thiophene rings is 1. The minimum atomic E-state index is -0.0651. The van der Waals surface area contributed by atoms with Crippen LogP contribution in [0.3, 0.4) is 0 Å². The second-order valence-electron chi connectivity index (χ2n) is 6.52. The predicted molar refractivity (Wildman–Crippen MR) is 99.3 cm³/mol. The molecule has 1 fully saturated rings. The van der Waals surface area contributed by atoms with Crippen LogP contribution < -0.4 is 5.56 Å². The zero-order chi connectivity index (χ0) is 17.6. The molecule has 0 aliphatic heterocycles. The Hall–Kier alpha value is -1.74. The Kier molecular flexibility index (Phi) is 4.36. The summed E-state index contributed by atoms with van der Waals surface area (Å²) in [6.45, 7) is 6.02. The first-order chi connectivity index (χ1) is 12.0. The quantitative estimate of drug-likeness (QED) is 0.700. The number of hydrogen-bond acceptors (Lipinski definition) is 7. The van der Waals surface area contributed by atoms with Crippen molar-refractivity contribution < 1.29 is 0 Å². The van der Waals surface area contributed by atoms with E-state index in [0.29, 0.717) is 17.3 Å². The second kappa shape index (κ2) is 6.53. The van der Waals surface area contributed by atoms with E-state index < -0.39 is 0 Å². The van der Waals surface area contributed by atoms with Crippen LogP contribution in [0.15, 0.2) is 9.95 Å². The number of aryl methyl sites for hydroxylation is 2. The Labute approximate surface area is 153 Å². The van der Waals surface area contributed by atoms with Gasteiger partial charge < -0.3 is 4.98 Å². The molecule has 25 heavy (non-hydrogen) atoms. The van der Waals surface area contributed by atoms with Crippen molar-refractivity contribution in [2.45, 2.75) is 62.9 Å². The maximum atomic E-state index is 12.5. The molecule has 1 aliphatic carbocycles. The van der Waals surface area contributed by atoms with Crippen LogP contribution in [0.5, 0.6) is 0 Å². The maximum absolute atomic E-state index is 12.5. The smallest absolute Gasteiger partial charge is 0.259 e. The summed E-state index contributed by atoms with van der Waals surface area (Å²) in [5.41, 5.74) is 0.954. The molecule has 0 spiro atoms. The van der Waals surface area contributed by atoms with Crippen molar-refractivity contribution in [3.8, 4) is 0 Å². The molecule has 1 saturated carbocycles. The van der Waals surface area contributed by atoms with Gasteiger partial charge in [-0.25, -0.2) is 9.67 Å². The fraction of sp³-hybridized carbons (Fsp3) is 0.562. The number of tetrazole rings is 1. The Morgan fingerprint density at radius 2 is 2.08 bits per heavy atom. The average Bonchev–Trinajstić information content (AvgIpc) is 3.29. The lowest BCUT2D eigenvalue weighted by Gasteiger charge is -2.13. The minimum absolute atomic E-state index is 0.0361. The molecule has 7 nitrogen and oxygen atoms in total. The number of hydrogen-bond donors (Lipinski definition) is 1. The Morgan fingerprint density at radius 1 is 1.32 bits per heavy atom. The highest BCUT2D eigenvalue weighted by atomic mass is 32.2. The first-order valence-corrected chi connectivity index (χ1v) is 10.2. The molecule has 0 bridgehead atoms. The van der Waals surface area contributed by atoms with Crippen LogP contribution >= 0.6 is 23.1 Å². The lowest BCUT2D eigenvalue weighted by molar-refractivity contribution is 0.422. The summed E-state index contributed by atoms with van der Waals surface area (Å²) in [6.07, 6.45) is 4.71. The van der Waals surface area contributed by atoms with Gasteiger partial charge in [-0.2, -0.15) is 0 Å². The molecule has 3 aromatic rings. The van der Waals surface area contributed by atoms with Crippen molar-refractivity contribution in [3.05, 3.63) is 26.6 Å². The highest BCUT2D eigenvalue weighted by molar-refractivity contribution is 7.99. The van der Waals surface area contributed by atoms with Crippen LogP contribution in [0.25, 0.3) is 10.2 Å². The van der Waals surface area contributed by atoms with Crippen LogP contribution in [-0.4, -0.2) is 30.2 Å². The molecule has 1 aliphatic rings. The monoisotopic (exact) mass is 376 g/mol. The normalized spacial score (nSPS) is 16.8. The van der Waals surface area contributed by atoms with E-state index in [1.54, 1.807) is 23.1 Å². The first kappa shape index (κ1) is 16.7. The topological polar surface area (TPSA) is 89.3 Å². The summed E-state index contributed by atoms with van der Waals surface area (Å²) in [4.78, 5) is 22.0. The van der Waals surface area contributed by atoms with Gasteiger partial charge in [-0.3, -0.25) is 4.79 Å². The fourth-order valence-corrected chi connectivity index (χ4v) is 5.27. The molecule has 0 amide bonds. The van der Waals surface area contributed by atoms with Gasteiger partial charge in [-0.05, 0) is 49.6 Å². The molecular formula is C16H20N6OS2. The summed E-state index contributed by atoms with van der Waals surface area (Å²) in [5, 5.41) is 13.7. The van der Waals surface area contributed by atoms with Crippen LogP contribution in [-0.2, 0) is 0 Å². The minimum Gasteiger partial charge on any atom is -0.309 e. The van der Waals surface area contributed by atoms with Crippen molar-refractivity contribution in [3.63, 3.8) is 0 Å². The zero-order valence-electron chi connectivity index (χ0n) is 14.4. The molecule has 0 aromatic carbocycles. The number of aromatic amines is 1. The van der Waals surface area contributed by atoms with Gasteiger partial charge in [0.2, 0.25) is 5.16 Å². The number of aromatic nitrogens is 6. The van der Waals surface area contributed by atoms with Crippen molar-refractivity contribution in [1.29, 1.82) is 0 Å². The highest BCUT2D eigenvalue weighted by Crippen LogP contribution is 2.36. The van der Waals surface area contributed by atoms with Gasteiger partial charge >= 0.3 is 0 Å². The average molecular weight is 377 g/mol. The van der Waals surface area contributed by atoms with E-state index >= 15 is 0 Å². The number of fused-ring (bicyclic) bond motifs is 1. The molecule has 3 heterocycles. The SMILES string of the molecule is Cc1sc2nc(C(C)Sc3nnnn3C3CCCC3)[nH]c(=O)c2c1C. The lowest BCUT2D eigenvalue weighted by Crippen LogP contribution is -2.13. The molecule has 9 heteroatoms. The van der Waals surface area contributed by atoms with Crippen LogP contribution in [0.4, 0.5) is 0 Å². The summed E-state index contributed by atoms with van der Waals surface area (Å²) < 4.78 is 1.93. The largest absolute Gasteiger partial charge is 0.309 e. The number of rotatable bonds is 4. The summed E-state index contributed by atoms with van der Waals surface area (Å²) in [6, 6.07) is 0.391. The van der Waals surface area contributed by atoms with Crippen molar-refractivity contribution >= 4 is 33.3 Å². The third-order valence-electron chi connectivity index (χ3n) is 4.86. The van der Waals surface area contributed by atoms with Crippen LogP contribution in [0.2, 0.25) is 0 Å². The second-order valence-corrected chi connectivity index (χ2v) is 9.03. The Morgan fingerprint density at radius 3 is 2.84 bits per heavy atom. The van der Waals surface area contributed by atoms with Gasteiger partial charge in [0, 0.05) is 4.88 Å². The van der Waals surface area contributed by atoms with E-state index in [4.69, 9.17) is 0 Å². The van der Waals surface area contributed by atoms with Gasteiger partial charge in [-0.15, -0.1) is 16.4 Å². The van der Waals surface area contributed by atoms with Crippen molar-refractivity contribution in [2.75, 3.05) is 0 Å². The summed E-state index contributed by atoms with van der Waals surface area (Å²) >= 11 is 3.11. The number of nitrogens with zero attached hydrogens (tertiary/aromatic N) is 5. The van der Waals surface area contributed by atoms with Gasteiger partial charge in [0.25, 0.3) is 5.56 Å². The Bertz CT molecular complexity index is 969. The van der Waals surface area contributed by atoms with E-state index in [1.807, 2.05) is 25.5 Å². The predicted octanol–water partition coefficient (Wildman–Crippen LogP) is 3.56. The zero-order valence-corrected chi connectivity index (χ0v) is 16.1. The third-order valence-corrected chi connectivity index (χ3v) is 7.02. The van der Waals surface area contributed by atoms with E-state index in [0.717, 1.165) is 33.3 Å². The van der Waals surface area contributed by atoms with Crippen molar-refractivity contribution in [2.24, 2.45) is 0 Å². The summed E-state index contributed by atoms with van der Waals surface area (Å²) in [7, 11) is 0. The molecule has 0 saturated heterocycles. The lowest BCUT2D eigenvalue weighted by atomic mass is 10.2. The standard InChI is InChI=1S/C16H20N6OS2/c1-8-9(2)24-15-12(8)14(23)17-13(18-15)10(3)25-16-19-20-21-22(16)11-6-4-5-7-11/h10-11H,4-7H2,1-3H3,(H,17,18,23). The van der Waals surface area contributed by atoms with Gasteiger partial charge in [0.15, 0.2) is 0 Å². The highest BCUT2D eigenvalue weighted by Gasteiger charge is 2.24. The molecule has 1 N–H and O–H groups in total. The molecule has 3 aromatic heterocycles. The molecule has 1 unspecified atom stereocenters. The van der Waals surface area contributed by atoms with E-state index in [1.165, 1.54) is 12.8 Å². The summed E-state index contributed by atoms with van der Waals surface area (Å²) in [5.74, 6) is 0.671.